The Bertz CT molecular complexity index is 955. The highest BCUT2D eigenvalue weighted by Gasteiger charge is 2.21. The second-order valence-corrected chi connectivity index (χ2v) is 6.18. The van der Waals surface area contributed by atoms with E-state index in [2.05, 4.69) is 10.3 Å². The average Bonchev–Trinajstić information content (AvgIpc) is 2.95. The number of benzene rings is 1. The van der Waals surface area contributed by atoms with E-state index in [9.17, 15) is 14.0 Å². The molecule has 0 saturated heterocycles. The van der Waals surface area contributed by atoms with Gasteiger partial charge in [0.15, 0.2) is 10.8 Å². The Labute approximate surface area is 153 Å². The lowest BCUT2D eigenvalue weighted by Gasteiger charge is -2.14. The van der Waals surface area contributed by atoms with E-state index in [0.29, 0.717) is 5.65 Å². The van der Waals surface area contributed by atoms with Gasteiger partial charge in [0.1, 0.15) is 11.5 Å². The van der Waals surface area contributed by atoms with E-state index in [1.165, 1.54) is 12.1 Å². The molecule has 0 aliphatic heterocycles. The average molecular weight is 375 g/mol. The lowest BCUT2D eigenvalue weighted by molar-refractivity contribution is -0.121. The zero-order chi connectivity index (χ0) is 18.7. The summed E-state index contributed by atoms with van der Waals surface area (Å²) >= 11 is 6.07. The number of hydrogen-bond acceptors (Lipinski definition) is 3. The number of nitrogens with one attached hydrogen (secondary N) is 1. The summed E-state index contributed by atoms with van der Waals surface area (Å²) in [4.78, 5) is 28.3. The Balaban J connectivity index is 1.72. The highest BCUT2D eigenvalue weighted by atomic mass is 35.5. The molecule has 0 unspecified atom stereocenters. The van der Waals surface area contributed by atoms with Gasteiger partial charge in [-0.2, -0.15) is 0 Å². The van der Waals surface area contributed by atoms with Crippen molar-refractivity contribution in [3.8, 4) is 0 Å². The molecule has 26 heavy (non-hydrogen) atoms. The number of carbonyl (C=O) groups excluding carboxylic acids is 2. The minimum atomic E-state index is -0.637. The molecule has 2 aromatic heterocycles. The Morgan fingerprint density at radius 2 is 1.96 bits per heavy atom. The molecular weight excluding hydrogens is 359 g/mol. The van der Waals surface area contributed by atoms with Gasteiger partial charge in [0.25, 0.3) is 5.91 Å². The minimum Gasteiger partial charge on any atom is -0.369 e. The number of carbonyl (C=O) groups is 2. The van der Waals surface area contributed by atoms with Crippen molar-refractivity contribution in [2.45, 2.75) is 6.42 Å². The number of fused-ring (bicyclic) bond motifs is 1. The Morgan fingerprint density at radius 3 is 2.65 bits per heavy atom. The third kappa shape index (κ3) is 3.83. The van der Waals surface area contributed by atoms with Gasteiger partial charge in [0.2, 0.25) is 5.91 Å². The van der Waals surface area contributed by atoms with Crippen molar-refractivity contribution in [1.29, 1.82) is 0 Å². The molecular formula is C18H16ClFN4O2. The molecule has 0 radical (unpaired) electrons. The van der Waals surface area contributed by atoms with E-state index >= 15 is 0 Å². The van der Waals surface area contributed by atoms with Gasteiger partial charge < -0.3 is 11.1 Å². The molecule has 0 saturated carbocycles. The normalized spacial score (nSPS) is 12.1. The molecule has 8 heteroatoms. The van der Waals surface area contributed by atoms with Crippen LogP contribution in [0.4, 0.5) is 4.39 Å². The van der Waals surface area contributed by atoms with Crippen LogP contribution in [0.15, 0.2) is 48.7 Å². The Hall–Kier alpha value is -2.93. The largest absolute Gasteiger partial charge is 0.369 e. The maximum atomic E-state index is 13.0. The topological polar surface area (TPSA) is 89.5 Å². The summed E-state index contributed by atoms with van der Waals surface area (Å²) in [5, 5.41) is 2.74. The molecule has 134 valence electrons. The number of nitrogens with two attached hydrogens (primary N) is 1. The predicted molar refractivity (Wildman–Crippen MR) is 95.3 cm³/mol. The molecule has 3 N–H and O–H groups in total. The fourth-order valence-electron chi connectivity index (χ4n) is 2.65. The van der Waals surface area contributed by atoms with Gasteiger partial charge >= 0.3 is 0 Å². The molecule has 1 aromatic carbocycles. The van der Waals surface area contributed by atoms with Gasteiger partial charge in [0.05, 0.1) is 5.92 Å². The summed E-state index contributed by atoms with van der Waals surface area (Å²) in [5.74, 6) is -2.01. The monoisotopic (exact) mass is 374 g/mol. The van der Waals surface area contributed by atoms with Crippen molar-refractivity contribution in [3.05, 3.63) is 70.9 Å². The number of primary amides is 1. The summed E-state index contributed by atoms with van der Waals surface area (Å²) in [7, 11) is 0. The zero-order valence-electron chi connectivity index (χ0n) is 13.7. The van der Waals surface area contributed by atoms with Gasteiger partial charge in [-0.1, -0.05) is 29.8 Å². The van der Waals surface area contributed by atoms with Gasteiger partial charge in [-0.15, -0.1) is 0 Å². The first-order valence-corrected chi connectivity index (χ1v) is 8.28. The van der Waals surface area contributed by atoms with Crippen LogP contribution in [0.2, 0.25) is 5.15 Å². The number of imidazole rings is 1. The van der Waals surface area contributed by atoms with Gasteiger partial charge in [-0.25, -0.2) is 9.37 Å². The van der Waals surface area contributed by atoms with Crippen molar-refractivity contribution < 1.29 is 14.0 Å². The van der Waals surface area contributed by atoms with Crippen LogP contribution in [-0.2, 0) is 11.2 Å². The minimum absolute atomic E-state index is 0.0297. The molecule has 2 amide bonds. The standard InChI is InChI=1S/C18H16ClFN4O2/c19-16-15(24-8-2-1-3-14(24)23-16)18(26)22-10-12(17(21)25)9-11-4-6-13(20)7-5-11/h1-8,12H,9-10H2,(H2,21,25)(H,22,26)/t12-/m0/s1. The van der Waals surface area contributed by atoms with E-state index in [0.717, 1.165) is 5.56 Å². The van der Waals surface area contributed by atoms with Gasteiger partial charge in [0, 0.05) is 12.7 Å². The van der Waals surface area contributed by atoms with Crippen LogP contribution in [-0.4, -0.2) is 27.7 Å². The van der Waals surface area contributed by atoms with Crippen LogP contribution < -0.4 is 11.1 Å². The number of pyridine rings is 1. The van der Waals surface area contributed by atoms with E-state index in [4.69, 9.17) is 17.3 Å². The number of rotatable bonds is 6. The third-order valence-corrected chi connectivity index (χ3v) is 4.27. The van der Waals surface area contributed by atoms with E-state index < -0.39 is 17.7 Å². The first-order valence-electron chi connectivity index (χ1n) is 7.90. The highest BCUT2D eigenvalue weighted by molar-refractivity contribution is 6.32. The Morgan fingerprint density at radius 1 is 1.23 bits per heavy atom. The van der Waals surface area contributed by atoms with Crippen LogP contribution in [0.1, 0.15) is 16.1 Å². The first-order chi connectivity index (χ1) is 12.5. The summed E-state index contributed by atoms with van der Waals surface area (Å²) in [6, 6.07) is 11.0. The number of amides is 2. The second-order valence-electron chi connectivity index (χ2n) is 5.82. The van der Waals surface area contributed by atoms with Gasteiger partial charge in [-0.05, 0) is 36.2 Å². The summed E-state index contributed by atoms with van der Waals surface area (Å²) in [6.45, 7) is 0.0297. The van der Waals surface area contributed by atoms with Crippen molar-refractivity contribution in [2.75, 3.05) is 6.54 Å². The molecule has 6 nitrogen and oxygen atoms in total. The molecule has 1 atom stereocenters. The van der Waals surface area contributed by atoms with Crippen LogP contribution in [0.5, 0.6) is 0 Å². The number of halogens is 2. The van der Waals surface area contributed by atoms with E-state index in [-0.39, 0.29) is 29.6 Å². The molecule has 0 spiro atoms. The maximum Gasteiger partial charge on any atom is 0.271 e. The predicted octanol–water partition coefficient (Wildman–Crippen LogP) is 2.20. The number of nitrogens with zero attached hydrogens (tertiary/aromatic N) is 2. The number of hydrogen-bond donors (Lipinski definition) is 2. The first kappa shape index (κ1) is 17.9. The lowest BCUT2D eigenvalue weighted by Crippen LogP contribution is -2.37. The van der Waals surface area contributed by atoms with E-state index in [1.54, 1.807) is 40.9 Å². The Kier molecular flexibility index (Phi) is 5.18. The molecule has 0 aliphatic carbocycles. The van der Waals surface area contributed by atoms with Crippen molar-refractivity contribution in [2.24, 2.45) is 11.7 Å². The van der Waals surface area contributed by atoms with Crippen molar-refractivity contribution >= 4 is 29.1 Å². The van der Waals surface area contributed by atoms with Gasteiger partial charge in [-0.3, -0.25) is 14.0 Å². The molecule has 3 rings (SSSR count). The molecule has 3 aromatic rings. The number of aromatic nitrogens is 2. The summed E-state index contributed by atoms with van der Waals surface area (Å²) in [6.07, 6.45) is 1.96. The fraction of sp³-hybridized carbons (Fsp3) is 0.167. The summed E-state index contributed by atoms with van der Waals surface area (Å²) < 4.78 is 14.6. The zero-order valence-corrected chi connectivity index (χ0v) is 14.4. The second kappa shape index (κ2) is 7.53. The maximum absolute atomic E-state index is 13.0. The van der Waals surface area contributed by atoms with Crippen molar-refractivity contribution in [1.82, 2.24) is 14.7 Å². The SMILES string of the molecule is NC(=O)[C@H](CNC(=O)c1c(Cl)nc2ccccn12)Cc1ccc(F)cc1. The van der Waals surface area contributed by atoms with E-state index in [1.807, 2.05) is 0 Å². The molecule has 0 aliphatic rings. The van der Waals surface area contributed by atoms with Crippen LogP contribution >= 0.6 is 11.6 Å². The molecule has 0 bridgehead atoms. The highest BCUT2D eigenvalue weighted by Crippen LogP contribution is 2.17. The lowest BCUT2D eigenvalue weighted by atomic mass is 9.98. The smallest absolute Gasteiger partial charge is 0.271 e. The quantitative estimate of drug-likeness (QED) is 0.693. The van der Waals surface area contributed by atoms with Crippen LogP contribution in [0.25, 0.3) is 5.65 Å². The molecule has 0 fully saturated rings. The van der Waals surface area contributed by atoms with Crippen LogP contribution in [0.3, 0.4) is 0 Å². The van der Waals surface area contributed by atoms with Crippen molar-refractivity contribution in [3.63, 3.8) is 0 Å². The third-order valence-electron chi connectivity index (χ3n) is 4.01. The van der Waals surface area contributed by atoms with Crippen LogP contribution in [0, 0.1) is 11.7 Å². The fourth-order valence-corrected chi connectivity index (χ4v) is 2.91. The molecule has 2 heterocycles. The summed E-state index contributed by atoms with van der Waals surface area (Å²) in [5.41, 5.74) is 6.91.